The molecule has 9 aromatic rings. The fourth-order valence-electron chi connectivity index (χ4n) is 7.29. The number of thiophene rings is 1. The van der Waals surface area contributed by atoms with Gasteiger partial charge < -0.3 is 0 Å². The Balaban J connectivity index is 1.04. The fourth-order valence-corrected chi connectivity index (χ4v) is 8.59. The molecule has 5 aromatic heterocycles. The summed E-state index contributed by atoms with van der Waals surface area (Å²) in [4.78, 5) is 19.5. The predicted molar refractivity (Wildman–Crippen MR) is 213 cm³/mol. The van der Waals surface area contributed by atoms with Crippen LogP contribution in [-0.2, 0) is 0 Å². The summed E-state index contributed by atoms with van der Waals surface area (Å²) in [6, 6.07) is 46.8. The molecule has 4 aromatic carbocycles. The Hall–Kier alpha value is -6.30. The van der Waals surface area contributed by atoms with Crippen LogP contribution in [0.3, 0.4) is 0 Å². The molecule has 51 heavy (non-hydrogen) atoms. The third-order valence-corrected chi connectivity index (χ3v) is 11.0. The Labute approximate surface area is 298 Å². The van der Waals surface area contributed by atoms with Gasteiger partial charge >= 0.3 is 0 Å². The number of hydrogen-bond acceptors (Lipinski definition) is 5. The normalized spacial score (nSPS) is 12.5. The topological polar surface area (TPSA) is 51.6 Å². The summed E-state index contributed by atoms with van der Waals surface area (Å²) in [6.45, 7) is 0. The van der Waals surface area contributed by atoms with E-state index in [4.69, 9.17) is 9.97 Å². The molecule has 0 N–H and O–H groups in total. The second-order valence-electron chi connectivity index (χ2n) is 12.9. The monoisotopic (exact) mass is 670 g/mol. The van der Waals surface area contributed by atoms with Crippen molar-refractivity contribution in [2.75, 3.05) is 0 Å². The van der Waals surface area contributed by atoms with Crippen molar-refractivity contribution in [3.8, 4) is 56.3 Å². The number of pyridine rings is 4. The summed E-state index contributed by atoms with van der Waals surface area (Å²) < 4.78 is 2.63. The lowest BCUT2D eigenvalue weighted by Crippen LogP contribution is -2.20. The Morgan fingerprint density at radius 1 is 0.471 bits per heavy atom. The molecule has 0 aliphatic heterocycles. The van der Waals surface area contributed by atoms with Crippen LogP contribution in [0.5, 0.6) is 0 Å². The van der Waals surface area contributed by atoms with Crippen LogP contribution in [-0.4, -0.2) is 19.9 Å². The minimum absolute atomic E-state index is 0.820. The van der Waals surface area contributed by atoms with Crippen LogP contribution in [0, 0.1) is 0 Å². The summed E-state index contributed by atoms with van der Waals surface area (Å²) in [5.74, 6) is 0. The van der Waals surface area contributed by atoms with Gasteiger partial charge in [-0.25, -0.2) is 9.97 Å². The van der Waals surface area contributed by atoms with Gasteiger partial charge in [-0.2, -0.15) is 0 Å². The molecular weight excluding hydrogens is 641 g/mol. The second-order valence-corrected chi connectivity index (χ2v) is 14.0. The highest BCUT2D eigenvalue weighted by Gasteiger charge is 2.17. The molecule has 0 saturated carbocycles. The molecule has 0 unspecified atom stereocenters. The summed E-state index contributed by atoms with van der Waals surface area (Å²) in [6.07, 6.45) is 10.6. The molecule has 10 rings (SSSR count). The van der Waals surface area contributed by atoms with E-state index in [1.54, 1.807) is 12.4 Å². The minimum atomic E-state index is 0.820. The zero-order chi connectivity index (χ0) is 33.7. The lowest BCUT2D eigenvalue weighted by Gasteiger charge is -2.11. The lowest BCUT2D eigenvalue weighted by atomic mass is 9.97. The highest BCUT2D eigenvalue weighted by molar-refractivity contribution is 7.17. The Morgan fingerprint density at radius 3 is 1.75 bits per heavy atom. The number of nitrogens with zero attached hydrogens (tertiary/aromatic N) is 4. The molecular formula is C46H30N4S. The number of aromatic nitrogens is 4. The van der Waals surface area contributed by atoms with Crippen LogP contribution in [0.1, 0.15) is 12.8 Å². The molecule has 0 amide bonds. The van der Waals surface area contributed by atoms with Crippen LogP contribution in [0.4, 0.5) is 0 Å². The number of rotatable bonds is 5. The summed E-state index contributed by atoms with van der Waals surface area (Å²) in [5, 5.41) is 6.36. The Kier molecular flexibility index (Phi) is 7.10. The Morgan fingerprint density at radius 2 is 1.08 bits per heavy atom. The maximum atomic E-state index is 5.42. The van der Waals surface area contributed by atoms with Crippen molar-refractivity contribution < 1.29 is 0 Å². The first kappa shape index (κ1) is 29.6. The zero-order valence-corrected chi connectivity index (χ0v) is 28.4. The second kappa shape index (κ2) is 12.2. The maximum Gasteiger partial charge on any atom is 0.0900 e. The van der Waals surface area contributed by atoms with Crippen LogP contribution in [0.2, 0.25) is 0 Å². The van der Waals surface area contributed by atoms with Gasteiger partial charge in [0.15, 0.2) is 0 Å². The third-order valence-electron chi connectivity index (χ3n) is 9.82. The van der Waals surface area contributed by atoms with Crippen molar-refractivity contribution >= 4 is 55.3 Å². The van der Waals surface area contributed by atoms with Crippen molar-refractivity contribution in [3.05, 3.63) is 156 Å². The van der Waals surface area contributed by atoms with Crippen molar-refractivity contribution in [2.45, 2.75) is 12.8 Å². The standard InChI is InChI=1S/C46H30N4S/c1-2-10-35-32(9-1)23-24-37-43-36-11-3-4-14-42(36)51-46(43)44(50-45(35)37)33-21-19-30(20-22-33)29-15-17-31(18-16-29)34-27-40(38-12-5-7-25-47-38)49-41(28-34)39-13-6-8-26-48-39/h1-2,5-28H,3-4H2. The van der Waals surface area contributed by atoms with E-state index in [1.165, 1.54) is 36.0 Å². The third kappa shape index (κ3) is 5.22. The highest BCUT2D eigenvalue weighted by Crippen LogP contribution is 2.37. The van der Waals surface area contributed by atoms with Gasteiger partial charge in [0.2, 0.25) is 0 Å². The van der Waals surface area contributed by atoms with Crippen LogP contribution in [0.15, 0.2) is 146 Å². The van der Waals surface area contributed by atoms with E-state index in [0.717, 1.165) is 74.6 Å². The minimum Gasteiger partial charge on any atom is -0.255 e. The van der Waals surface area contributed by atoms with E-state index >= 15 is 0 Å². The van der Waals surface area contributed by atoms with Crippen LogP contribution < -0.4 is 9.75 Å². The summed E-state index contributed by atoms with van der Waals surface area (Å²) >= 11 is 1.88. The molecule has 0 fully saturated rings. The zero-order valence-electron chi connectivity index (χ0n) is 27.6. The molecule has 0 bridgehead atoms. The van der Waals surface area contributed by atoms with E-state index in [2.05, 4.69) is 119 Å². The van der Waals surface area contributed by atoms with Gasteiger partial charge in [0, 0.05) is 38.6 Å². The van der Waals surface area contributed by atoms with E-state index in [1.807, 2.05) is 47.7 Å². The van der Waals surface area contributed by atoms with Gasteiger partial charge in [0.25, 0.3) is 0 Å². The number of hydrogen-bond donors (Lipinski definition) is 0. The average molecular weight is 671 g/mol. The first-order valence-electron chi connectivity index (χ1n) is 17.3. The fraction of sp³-hybridized carbons (Fsp3) is 0.0435. The van der Waals surface area contributed by atoms with Crippen LogP contribution in [0.25, 0.3) is 100 Å². The Bertz CT molecular complexity index is 2820. The summed E-state index contributed by atoms with van der Waals surface area (Å²) in [5.41, 5.74) is 11.1. The highest BCUT2D eigenvalue weighted by atomic mass is 32.1. The van der Waals surface area contributed by atoms with E-state index < -0.39 is 0 Å². The van der Waals surface area contributed by atoms with Gasteiger partial charge in [-0.05, 0) is 82.1 Å². The lowest BCUT2D eigenvalue weighted by molar-refractivity contribution is 1.13. The number of benzene rings is 4. The molecule has 4 nitrogen and oxygen atoms in total. The van der Waals surface area contributed by atoms with E-state index in [-0.39, 0.29) is 0 Å². The van der Waals surface area contributed by atoms with Crippen molar-refractivity contribution in [3.63, 3.8) is 0 Å². The molecule has 0 atom stereocenters. The smallest absolute Gasteiger partial charge is 0.0900 e. The molecule has 5 heterocycles. The van der Waals surface area contributed by atoms with E-state index in [0.29, 0.717) is 0 Å². The van der Waals surface area contributed by atoms with Crippen LogP contribution >= 0.6 is 11.3 Å². The predicted octanol–water partition coefficient (Wildman–Crippen LogP) is 10.5. The first-order chi connectivity index (χ1) is 25.3. The van der Waals surface area contributed by atoms with Crippen molar-refractivity contribution in [1.82, 2.24) is 19.9 Å². The summed E-state index contributed by atoms with van der Waals surface area (Å²) in [7, 11) is 0. The quantitative estimate of drug-likeness (QED) is 0.171. The molecule has 0 spiro atoms. The molecule has 240 valence electrons. The largest absolute Gasteiger partial charge is 0.255 e. The molecule has 5 heteroatoms. The van der Waals surface area contributed by atoms with Gasteiger partial charge in [0.1, 0.15) is 0 Å². The van der Waals surface area contributed by atoms with Gasteiger partial charge in [-0.15, -0.1) is 11.3 Å². The van der Waals surface area contributed by atoms with E-state index in [9.17, 15) is 0 Å². The maximum absolute atomic E-state index is 5.42. The van der Waals surface area contributed by atoms with Crippen molar-refractivity contribution in [2.24, 2.45) is 0 Å². The molecule has 1 aliphatic carbocycles. The molecule has 0 saturated heterocycles. The molecule has 0 radical (unpaired) electrons. The SMILES string of the molecule is C1=c2sc3c(-c4ccc(-c5ccc(-c6cc(-c7ccccn7)nc(-c7ccccn7)c6)cc5)cc4)nc4c5ccccc5ccc4c3c2=CCC1. The van der Waals surface area contributed by atoms with Gasteiger partial charge in [0.05, 0.1) is 38.7 Å². The van der Waals surface area contributed by atoms with Gasteiger partial charge in [-0.1, -0.05) is 109 Å². The van der Waals surface area contributed by atoms with Crippen molar-refractivity contribution in [1.29, 1.82) is 0 Å². The van der Waals surface area contributed by atoms with Gasteiger partial charge in [-0.3, -0.25) is 9.97 Å². The number of fused-ring (bicyclic) bond motifs is 7. The average Bonchev–Trinajstić information content (AvgIpc) is 3.61. The first-order valence-corrected chi connectivity index (χ1v) is 18.1. The molecule has 1 aliphatic rings.